The molecule has 2 rings (SSSR count). The molecule has 2 N–H and O–H groups in total. The Morgan fingerprint density at radius 1 is 1.30 bits per heavy atom. The Labute approximate surface area is 122 Å². The number of amides is 1. The lowest BCUT2D eigenvalue weighted by Gasteiger charge is -2.28. The Bertz CT molecular complexity index is 470. The summed E-state index contributed by atoms with van der Waals surface area (Å²) in [5, 5.41) is 6.21. The van der Waals surface area contributed by atoms with E-state index >= 15 is 0 Å². The van der Waals surface area contributed by atoms with Crippen molar-refractivity contribution in [2.24, 2.45) is 11.8 Å². The Morgan fingerprint density at radius 3 is 2.70 bits per heavy atom. The molecule has 0 radical (unpaired) electrons. The summed E-state index contributed by atoms with van der Waals surface area (Å²) in [4.78, 5) is 12.3. The molecule has 3 nitrogen and oxygen atoms in total. The molecule has 1 aliphatic carbocycles. The first kappa shape index (κ1) is 14.9. The second-order valence-electron chi connectivity index (χ2n) is 6.01. The van der Waals surface area contributed by atoms with Crippen molar-refractivity contribution in [2.45, 2.75) is 39.5 Å². The lowest BCUT2D eigenvalue weighted by Crippen LogP contribution is -2.33. The molecular weight excluding hydrogens is 248 g/mol. The van der Waals surface area contributed by atoms with Gasteiger partial charge in [0.25, 0.3) is 5.91 Å². The highest BCUT2D eigenvalue weighted by Crippen LogP contribution is 2.29. The molecule has 0 spiro atoms. The van der Waals surface area contributed by atoms with Crippen LogP contribution in [0.3, 0.4) is 0 Å². The minimum absolute atomic E-state index is 0.0583. The van der Waals surface area contributed by atoms with Crippen molar-refractivity contribution < 1.29 is 4.79 Å². The van der Waals surface area contributed by atoms with Crippen molar-refractivity contribution in [3.63, 3.8) is 0 Å². The topological polar surface area (TPSA) is 41.1 Å². The monoisotopic (exact) mass is 274 g/mol. The van der Waals surface area contributed by atoms with Gasteiger partial charge in [-0.3, -0.25) is 4.79 Å². The second kappa shape index (κ2) is 6.78. The van der Waals surface area contributed by atoms with Gasteiger partial charge >= 0.3 is 0 Å². The zero-order valence-electron chi connectivity index (χ0n) is 12.8. The number of anilines is 1. The average molecular weight is 274 g/mol. The van der Waals surface area contributed by atoms with Crippen molar-refractivity contribution in [1.82, 2.24) is 5.32 Å². The molecule has 0 heterocycles. The van der Waals surface area contributed by atoms with Gasteiger partial charge in [0.2, 0.25) is 0 Å². The maximum absolute atomic E-state index is 12.3. The molecule has 110 valence electrons. The summed E-state index contributed by atoms with van der Waals surface area (Å²) in [5.74, 6) is 1.43. The summed E-state index contributed by atoms with van der Waals surface area (Å²) in [6, 6.07) is 5.87. The molecular formula is C17H26N2O. The fraction of sp³-hybridized carbons (Fsp3) is 0.588. The van der Waals surface area contributed by atoms with Gasteiger partial charge in [-0.15, -0.1) is 0 Å². The predicted molar refractivity (Wildman–Crippen MR) is 84.2 cm³/mol. The summed E-state index contributed by atoms with van der Waals surface area (Å²) in [6.07, 6.45) is 5.20. The lowest BCUT2D eigenvalue weighted by molar-refractivity contribution is 0.0936. The highest BCUT2D eigenvalue weighted by atomic mass is 16.1. The summed E-state index contributed by atoms with van der Waals surface area (Å²) < 4.78 is 0. The van der Waals surface area contributed by atoms with Crippen molar-refractivity contribution >= 4 is 11.6 Å². The lowest BCUT2D eigenvalue weighted by atomic mass is 9.80. The number of hydrogen-bond acceptors (Lipinski definition) is 2. The van der Waals surface area contributed by atoms with E-state index < -0.39 is 0 Å². The number of carbonyl (C=O) groups excluding carboxylic acids is 1. The zero-order valence-corrected chi connectivity index (χ0v) is 12.8. The minimum atomic E-state index is 0.0583. The first-order valence-corrected chi connectivity index (χ1v) is 7.68. The van der Waals surface area contributed by atoms with Crippen LogP contribution in [0.5, 0.6) is 0 Å². The number of rotatable bonds is 4. The van der Waals surface area contributed by atoms with Gasteiger partial charge in [-0.05, 0) is 48.9 Å². The van der Waals surface area contributed by atoms with Crippen LogP contribution < -0.4 is 10.6 Å². The first-order chi connectivity index (χ1) is 9.61. The highest BCUT2D eigenvalue weighted by Gasteiger charge is 2.22. The standard InChI is InChI=1S/C17H26N2O/c1-12-6-4-5-7-14(12)11-19-17(20)16-9-8-15(18-3)10-13(16)2/h8-10,12,14,18H,4-7,11H2,1-3H3,(H,19,20). The van der Waals surface area contributed by atoms with Gasteiger partial charge in [-0.2, -0.15) is 0 Å². The van der Waals surface area contributed by atoms with E-state index in [1.807, 2.05) is 32.2 Å². The third-order valence-corrected chi connectivity index (χ3v) is 4.57. The van der Waals surface area contributed by atoms with Gasteiger partial charge in [0.05, 0.1) is 0 Å². The number of benzene rings is 1. The Kier molecular flexibility index (Phi) is 5.05. The molecule has 2 atom stereocenters. The number of carbonyl (C=O) groups is 1. The molecule has 1 fully saturated rings. The van der Waals surface area contributed by atoms with Gasteiger partial charge in [-0.1, -0.05) is 26.2 Å². The van der Waals surface area contributed by atoms with Crippen molar-refractivity contribution in [2.75, 3.05) is 18.9 Å². The molecule has 1 aliphatic rings. The number of nitrogens with one attached hydrogen (secondary N) is 2. The van der Waals surface area contributed by atoms with Gasteiger partial charge in [0.15, 0.2) is 0 Å². The molecule has 0 bridgehead atoms. The highest BCUT2D eigenvalue weighted by molar-refractivity contribution is 5.96. The van der Waals surface area contributed by atoms with E-state index in [0.29, 0.717) is 5.92 Å². The van der Waals surface area contributed by atoms with Crippen LogP contribution in [0.4, 0.5) is 5.69 Å². The van der Waals surface area contributed by atoms with E-state index in [2.05, 4.69) is 17.6 Å². The van der Waals surface area contributed by atoms with E-state index in [1.165, 1.54) is 25.7 Å². The molecule has 20 heavy (non-hydrogen) atoms. The first-order valence-electron chi connectivity index (χ1n) is 7.68. The molecule has 1 aromatic rings. The Morgan fingerprint density at radius 2 is 2.05 bits per heavy atom. The Balaban J connectivity index is 1.94. The maximum Gasteiger partial charge on any atom is 0.251 e. The molecule has 1 saturated carbocycles. The van der Waals surface area contributed by atoms with E-state index in [4.69, 9.17) is 0 Å². The van der Waals surface area contributed by atoms with Crippen molar-refractivity contribution in [3.05, 3.63) is 29.3 Å². The largest absolute Gasteiger partial charge is 0.388 e. The minimum Gasteiger partial charge on any atom is -0.388 e. The summed E-state index contributed by atoms with van der Waals surface area (Å²) in [6.45, 7) is 5.11. The van der Waals surface area contributed by atoms with Crippen LogP contribution in [0.2, 0.25) is 0 Å². The van der Waals surface area contributed by atoms with Gasteiger partial charge in [0.1, 0.15) is 0 Å². The van der Waals surface area contributed by atoms with E-state index in [-0.39, 0.29) is 5.91 Å². The van der Waals surface area contributed by atoms with E-state index in [1.54, 1.807) is 0 Å². The summed E-state index contributed by atoms with van der Waals surface area (Å²) >= 11 is 0. The maximum atomic E-state index is 12.3. The fourth-order valence-electron chi connectivity index (χ4n) is 3.09. The summed E-state index contributed by atoms with van der Waals surface area (Å²) in [5.41, 5.74) is 2.85. The SMILES string of the molecule is CNc1ccc(C(=O)NCC2CCCCC2C)c(C)c1. The third-order valence-electron chi connectivity index (χ3n) is 4.57. The average Bonchev–Trinajstić information content (AvgIpc) is 2.46. The molecule has 0 aliphatic heterocycles. The van der Waals surface area contributed by atoms with Gasteiger partial charge in [-0.25, -0.2) is 0 Å². The fourth-order valence-corrected chi connectivity index (χ4v) is 3.09. The van der Waals surface area contributed by atoms with Crippen molar-refractivity contribution in [1.29, 1.82) is 0 Å². The van der Waals surface area contributed by atoms with Crippen LogP contribution in [0.15, 0.2) is 18.2 Å². The molecule has 1 amide bonds. The number of aryl methyl sites for hydroxylation is 1. The van der Waals surface area contributed by atoms with Crippen LogP contribution in [0, 0.1) is 18.8 Å². The molecule has 1 aromatic carbocycles. The number of hydrogen-bond donors (Lipinski definition) is 2. The molecule has 3 heteroatoms. The smallest absolute Gasteiger partial charge is 0.251 e. The van der Waals surface area contributed by atoms with E-state index in [9.17, 15) is 4.79 Å². The quantitative estimate of drug-likeness (QED) is 0.881. The zero-order chi connectivity index (χ0) is 14.5. The van der Waals surface area contributed by atoms with Gasteiger partial charge in [0, 0.05) is 24.8 Å². The van der Waals surface area contributed by atoms with Crippen LogP contribution >= 0.6 is 0 Å². The Hall–Kier alpha value is -1.51. The predicted octanol–water partition coefficient (Wildman–Crippen LogP) is 3.59. The van der Waals surface area contributed by atoms with E-state index in [0.717, 1.165) is 29.3 Å². The molecule has 0 aromatic heterocycles. The summed E-state index contributed by atoms with van der Waals surface area (Å²) in [7, 11) is 1.89. The van der Waals surface area contributed by atoms with Crippen LogP contribution in [-0.4, -0.2) is 19.5 Å². The normalized spacial score (nSPS) is 22.4. The van der Waals surface area contributed by atoms with Crippen molar-refractivity contribution in [3.8, 4) is 0 Å². The molecule has 2 unspecified atom stereocenters. The van der Waals surface area contributed by atoms with Crippen LogP contribution in [-0.2, 0) is 0 Å². The molecule has 0 saturated heterocycles. The second-order valence-corrected chi connectivity index (χ2v) is 6.01. The van der Waals surface area contributed by atoms with Crippen LogP contribution in [0.1, 0.15) is 48.5 Å². The van der Waals surface area contributed by atoms with Crippen LogP contribution in [0.25, 0.3) is 0 Å². The third kappa shape index (κ3) is 3.53. The van der Waals surface area contributed by atoms with Gasteiger partial charge < -0.3 is 10.6 Å².